The second-order valence-electron chi connectivity index (χ2n) is 14.7. The van der Waals surface area contributed by atoms with Crippen molar-refractivity contribution in [3.63, 3.8) is 0 Å². The highest BCUT2D eigenvalue weighted by Crippen LogP contribution is 2.49. The minimum Gasteiger partial charge on any atom is -0.310 e. The summed E-state index contributed by atoms with van der Waals surface area (Å²) in [4.78, 5) is 4.97. The number of anilines is 6. The molecule has 0 saturated heterocycles. The van der Waals surface area contributed by atoms with Crippen LogP contribution in [0.1, 0.15) is 22.3 Å². The van der Waals surface area contributed by atoms with Gasteiger partial charge in [0.15, 0.2) is 0 Å². The zero-order chi connectivity index (χ0) is 35.3. The van der Waals surface area contributed by atoms with Gasteiger partial charge in [-0.1, -0.05) is 97.1 Å². The molecule has 10 aromatic rings. The molecule has 0 bridgehead atoms. The van der Waals surface area contributed by atoms with Gasteiger partial charge in [-0.2, -0.15) is 0 Å². The number of thiophene rings is 2. The second kappa shape index (κ2) is 11.8. The number of para-hydroxylation sites is 4. The fraction of sp³-hybridized carbons (Fsp3) is 0.0800. The molecule has 12 rings (SSSR count). The SMILES string of the molecule is c1ccc2c(c1)CCc1ccccc1N2c1ccc2c(c1)sc1ccc3c(ccc4sc5cc(N6c7ccccc7CCc7ccccc76)ccc5c43)c12. The third-order valence-corrected chi connectivity index (χ3v) is 14.0. The lowest BCUT2D eigenvalue weighted by atomic mass is 9.99. The van der Waals surface area contributed by atoms with Crippen LogP contribution in [0.15, 0.2) is 158 Å². The van der Waals surface area contributed by atoms with Crippen LogP contribution < -0.4 is 9.80 Å². The molecule has 0 amide bonds. The molecule has 2 aliphatic rings. The molecule has 2 aromatic heterocycles. The van der Waals surface area contributed by atoms with Gasteiger partial charge >= 0.3 is 0 Å². The lowest BCUT2D eigenvalue weighted by Crippen LogP contribution is -2.11. The van der Waals surface area contributed by atoms with Gasteiger partial charge < -0.3 is 9.80 Å². The topological polar surface area (TPSA) is 6.48 Å². The number of aryl methyl sites for hydroxylation is 4. The fourth-order valence-electron chi connectivity index (χ4n) is 9.33. The van der Waals surface area contributed by atoms with Crippen LogP contribution in [0.25, 0.3) is 51.1 Å². The Hall–Kier alpha value is -5.94. The van der Waals surface area contributed by atoms with Crippen LogP contribution in [0.2, 0.25) is 0 Å². The maximum atomic E-state index is 2.48. The molecule has 4 heteroatoms. The van der Waals surface area contributed by atoms with E-state index in [4.69, 9.17) is 0 Å². The summed E-state index contributed by atoms with van der Waals surface area (Å²) in [6, 6.07) is 59.4. The highest BCUT2D eigenvalue weighted by Gasteiger charge is 2.25. The lowest BCUT2D eigenvalue weighted by Gasteiger charge is -2.27. The van der Waals surface area contributed by atoms with E-state index < -0.39 is 0 Å². The van der Waals surface area contributed by atoms with E-state index >= 15 is 0 Å². The van der Waals surface area contributed by atoms with E-state index in [-0.39, 0.29) is 0 Å². The van der Waals surface area contributed by atoms with Gasteiger partial charge in [-0.15, -0.1) is 22.7 Å². The minimum absolute atomic E-state index is 1.05. The van der Waals surface area contributed by atoms with Crippen molar-refractivity contribution in [1.29, 1.82) is 0 Å². The van der Waals surface area contributed by atoms with E-state index in [9.17, 15) is 0 Å². The highest BCUT2D eigenvalue weighted by molar-refractivity contribution is 7.26. The van der Waals surface area contributed by atoms with E-state index in [0.29, 0.717) is 0 Å². The maximum Gasteiger partial charge on any atom is 0.0493 e. The van der Waals surface area contributed by atoms with E-state index in [1.807, 2.05) is 22.7 Å². The van der Waals surface area contributed by atoms with Gasteiger partial charge in [0, 0.05) is 74.5 Å². The summed E-state index contributed by atoms with van der Waals surface area (Å²) in [5, 5.41) is 8.07. The van der Waals surface area contributed by atoms with E-state index in [1.54, 1.807) is 0 Å². The molecule has 0 N–H and O–H groups in total. The second-order valence-corrected chi connectivity index (χ2v) is 16.9. The van der Waals surface area contributed by atoms with Gasteiger partial charge in [0.2, 0.25) is 0 Å². The van der Waals surface area contributed by atoms with Crippen molar-refractivity contribution in [1.82, 2.24) is 0 Å². The number of benzene rings is 8. The number of hydrogen-bond donors (Lipinski definition) is 0. The zero-order valence-corrected chi connectivity index (χ0v) is 31.2. The fourth-order valence-corrected chi connectivity index (χ4v) is 11.6. The lowest BCUT2D eigenvalue weighted by molar-refractivity contribution is 0.977. The van der Waals surface area contributed by atoms with Crippen LogP contribution >= 0.6 is 22.7 Å². The van der Waals surface area contributed by atoms with E-state index in [0.717, 1.165) is 25.7 Å². The van der Waals surface area contributed by atoms with Gasteiger partial charge in [0.05, 0.1) is 0 Å². The molecule has 0 unspecified atom stereocenters. The molecular formula is C50H34N2S2. The van der Waals surface area contributed by atoms with E-state index in [2.05, 4.69) is 168 Å². The molecule has 0 radical (unpaired) electrons. The van der Waals surface area contributed by atoms with Gasteiger partial charge in [0.1, 0.15) is 0 Å². The first-order chi connectivity index (χ1) is 26.8. The third kappa shape index (κ3) is 4.51. The van der Waals surface area contributed by atoms with Gasteiger partial charge in [-0.05, 0) is 119 Å². The van der Waals surface area contributed by atoms with Crippen LogP contribution in [0, 0.1) is 0 Å². The zero-order valence-electron chi connectivity index (χ0n) is 29.6. The molecular weight excluding hydrogens is 693 g/mol. The van der Waals surface area contributed by atoms with E-state index in [1.165, 1.54) is 107 Å². The van der Waals surface area contributed by atoms with Gasteiger partial charge in [-0.3, -0.25) is 0 Å². The van der Waals surface area contributed by atoms with Crippen LogP contribution in [0.3, 0.4) is 0 Å². The molecule has 8 aromatic carbocycles. The van der Waals surface area contributed by atoms with Crippen molar-refractivity contribution < 1.29 is 0 Å². The molecule has 54 heavy (non-hydrogen) atoms. The summed E-state index contributed by atoms with van der Waals surface area (Å²) < 4.78 is 5.33. The molecule has 0 saturated carbocycles. The summed E-state index contributed by atoms with van der Waals surface area (Å²) >= 11 is 3.82. The number of rotatable bonds is 2. The smallest absolute Gasteiger partial charge is 0.0493 e. The Kier molecular flexibility index (Phi) is 6.66. The largest absolute Gasteiger partial charge is 0.310 e. The first-order valence-electron chi connectivity index (χ1n) is 18.9. The average molecular weight is 727 g/mol. The standard InChI is InChI=1S/C50H34N2S2/c1-5-13-41-31(9-1)17-18-32-10-2-6-14-42(32)51(41)35-21-23-39-47(29-35)53-45-27-25-38-37(49(39)45)26-28-46-50(38)40-24-22-36(30-48(40)54-46)52-43-15-7-3-11-33(43)19-20-34-12-4-8-16-44(34)52/h1-16,21-30H,17-20H2. The Morgan fingerprint density at radius 1 is 0.315 bits per heavy atom. The minimum atomic E-state index is 1.05. The first-order valence-corrected chi connectivity index (χ1v) is 20.6. The summed E-state index contributed by atoms with van der Waals surface area (Å²) in [7, 11) is 0. The molecule has 0 aliphatic carbocycles. The van der Waals surface area contributed by atoms with Crippen molar-refractivity contribution in [2.24, 2.45) is 0 Å². The van der Waals surface area contributed by atoms with Crippen LogP contribution in [-0.4, -0.2) is 0 Å². The van der Waals surface area contributed by atoms with Gasteiger partial charge in [0.25, 0.3) is 0 Å². The van der Waals surface area contributed by atoms with Crippen molar-refractivity contribution in [2.45, 2.75) is 25.7 Å². The Bertz CT molecular complexity index is 2840. The Morgan fingerprint density at radius 3 is 1.02 bits per heavy atom. The maximum absolute atomic E-state index is 2.48. The molecule has 2 aliphatic heterocycles. The Labute approximate surface area is 321 Å². The van der Waals surface area contributed by atoms with Crippen molar-refractivity contribution in [3.05, 3.63) is 180 Å². The number of fused-ring (bicyclic) bond motifs is 13. The number of nitrogens with zero attached hydrogens (tertiary/aromatic N) is 2. The molecule has 0 atom stereocenters. The Balaban J connectivity index is 1.02. The Morgan fingerprint density at radius 2 is 0.648 bits per heavy atom. The molecule has 4 heterocycles. The summed E-state index contributed by atoms with van der Waals surface area (Å²) in [6.07, 6.45) is 4.20. The van der Waals surface area contributed by atoms with Gasteiger partial charge in [-0.25, -0.2) is 0 Å². The predicted octanol–water partition coefficient (Wildman–Crippen LogP) is 14.7. The molecule has 256 valence electrons. The van der Waals surface area contributed by atoms with Crippen molar-refractivity contribution in [3.8, 4) is 0 Å². The summed E-state index contributed by atoms with van der Waals surface area (Å²) in [6.45, 7) is 0. The van der Waals surface area contributed by atoms with Crippen LogP contribution in [0.4, 0.5) is 34.1 Å². The quantitative estimate of drug-likeness (QED) is 0.175. The van der Waals surface area contributed by atoms with Crippen molar-refractivity contribution in [2.75, 3.05) is 9.80 Å². The summed E-state index contributed by atoms with van der Waals surface area (Å²) in [5.41, 5.74) is 13.2. The first kappa shape index (κ1) is 30.5. The monoisotopic (exact) mass is 726 g/mol. The third-order valence-electron chi connectivity index (χ3n) is 11.8. The average Bonchev–Trinajstić information content (AvgIpc) is 3.67. The summed E-state index contributed by atoms with van der Waals surface area (Å²) in [5.74, 6) is 0. The van der Waals surface area contributed by atoms with Crippen molar-refractivity contribution >= 4 is 108 Å². The van der Waals surface area contributed by atoms with Crippen LogP contribution in [-0.2, 0) is 25.7 Å². The molecule has 0 fully saturated rings. The molecule has 2 nitrogen and oxygen atoms in total. The van der Waals surface area contributed by atoms with Crippen LogP contribution in [0.5, 0.6) is 0 Å². The molecule has 0 spiro atoms. The normalized spacial score (nSPS) is 13.9. The highest BCUT2D eigenvalue weighted by atomic mass is 32.1. The predicted molar refractivity (Wildman–Crippen MR) is 234 cm³/mol. The number of hydrogen-bond acceptors (Lipinski definition) is 4.